The molecule has 1 aromatic carbocycles. The van der Waals surface area contributed by atoms with E-state index in [0.29, 0.717) is 5.56 Å². The summed E-state index contributed by atoms with van der Waals surface area (Å²) in [6.45, 7) is -0.691. The minimum Gasteiger partial charge on any atom is -0.396 e. The lowest BCUT2D eigenvalue weighted by atomic mass is 10.1. The van der Waals surface area contributed by atoms with E-state index in [0.717, 1.165) is 0 Å². The summed E-state index contributed by atoms with van der Waals surface area (Å²) in [5, 5.41) is 18.2. The molecule has 0 amide bonds. The summed E-state index contributed by atoms with van der Waals surface area (Å²) >= 11 is 0. The van der Waals surface area contributed by atoms with E-state index in [-0.39, 0.29) is 0 Å². The van der Waals surface area contributed by atoms with Crippen LogP contribution < -0.4 is 0 Å². The first-order chi connectivity index (χ1) is 6.08. The van der Waals surface area contributed by atoms with Gasteiger partial charge in [0.05, 0.1) is 6.10 Å². The highest BCUT2D eigenvalue weighted by Gasteiger charge is 2.03. The van der Waals surface area contributed by atoms with Gasteiger partial charge in [-0.3, -0.25) is 0 Å². The monoisotopic (exact) mass is 154 g/mol. The van der Waals surface area contributed by atoms with Crippen molar-refractivity contribution < 1.29 is 13.0 Å². The number of hydrogen-bond acceptors (Lipinski definition) is 2. The molecule has 0 bridgehead atoms. The van der Waals surface area contributed by atoms with Crippen molar-refractivity contribution in [1.29, 1.82) is 0 Å². The molecule has 0 fully saturated rings. The molecule has 0 aliphatic carbocycles. The Balaban J connectivity index is 2.85. The van der Waals surface area contributed by atoms with Crippen molar-refractivity contribution in [3.05, 3.63) is 35.9 Å². The van der Waals surface area contributed by atoms with Crippen molar-refractivity contribution in [3.63, 3.8) is 0 Å². The van der Waals surface area contributed by atoms with Crippen molar-refractivity contribution in [2.45, 2.75) is 12.5 Å². The number of rotatable bonds is 3. The predicted molar refractivity (Wildman–Crippen MR) is 43.1 cm³/mol. The van der Waals surface area contributed by atoms with Crippen LogP contribution in [0.15, 0.2) is 30.3 Å². The van der Waals surface area contributed by atoms with Crippen LogP contribution >= 0.6 is 0 Å². The van der Waals surface area contributed by atoms with Gasteiger partial charge in [0, 0.05) is 15.7 Å². The third kappa shape index (κ3) is 2.33. The third-order valence-corrected chi connectivity index (χ3v) is 1.40. The van der Waals surface area contributed by atoms with Gasteiger partial charge in [0.25, 0.3) is 0 Å². The van der Waals surface area contributed by atoms with Crippen LogP contribution in [0.4, 0.5) is 0 Å². The van der Waals surface area contributed by atoms with Crippen molar-refractivity contribution in [1.82, 2.24) is 0 Å². The van der Waals surface area contributed by atoms with Gasteiger partial charge in [0.15, 0.2) is 0 Å². The van der Waals surface area contributed by atoms with E-state index < -0.39 is 19.1 Å². The van der Waals surface area contributed by atoms with E-state index in [1.807, 2.05) is 0 Å². The fourth-order valence-corrected chi connectivity index (χ4v) is 0.840. The summed E-state index contributed by atoms with van der Waals surface area (Å²) < 4.78 is 14.6. The van der Waals surface area contributed by atoms with Crippen molar-refractivity contribution in [3.8, 4) is 0 Å². The molecule has 1 aromatic rings. The SMILES string of the molecule is [2H]C([2H])(CO)C(O)c1ccccc1. The van der Waals surface area contributed by atoms with E-state index >= 15 is 0 Å². The molecule has 2 heteroatoms. The molecule has 1 atom stereocenters. The molecule has 0 aromatic heterocycles. The van der Waals surface area contributed by atoms with Gasteiger partial charge in [-0.05, 0) is 5.56 Å². The van der Waals surface area contributed by atoms with Crippen molar-refractivity contribution in [2.75, 3.05) is 6.61 Å². The van der Waals surface area contributed by atoms with E-state index in [1.165, 1.54) is 0 Å². The summed E-state index contributed by atoms with van der Waals surface area (Å²) in [6.07, 6.45) is -3.26. The van der Waals surface area contributed by atoms with Crippen LogP contribution in [-0.4, -0.2) is 16.8 Å². The smallest absolute Gasteiger partial charge is 0.0811 e. The Labute approximate surface area is 68.9 Å². The molecular formula is C9H12O2. The topological polar surface area (TPSA) is 40.5 Å². The van der Waals surface area contributed by atoms with Gasteiger partial charge in [-0.25, -0.2) is 0 Å². The molecular weight excluding hydrogens is 140 g/mol. The molecule has 0 saturated heterocycles. The molecule has 0 aliphatic heterocycles. The lowest BCUT2D eigenvalue weighted by Gasteiger charge is -2.07. The summed E-state index contributed by atoms with van der Waals surface area (Å²) in [5.74, 6) is 0. The highest BCUT2D eigenvalue weighted by Crippen LogP contribution is 2.14. The molecule has 1 unspecified atom stereocenters. The number of aliphatic hydroxyl groups is 2. The molecule has 0 saturated carbocycles. The summed E-state index contributed by atoms with van der Waals surface area (Å²) in [5.41, 5.74) is 0.474. The molecule has 0 radical (unpaired) electrons. The van der Waals surface area contributed by atoms with Gasteiger partial charge in [-0.2, -0.15) is 0 Å². The molecule has 0 aliphatic rings. The number of aliphatic hydroxyl groups excluding tert-OH is 2. The summed E-state index contributed by atoms with van der Waals surface area (Å²) in [7, 11) is 0. The molecule has 60 valence electrons. The van der Waals surface area contributed by atoms with Gasteiger partial charge in [-0.1, -0.05) is 30.3 Å². The molecule has 2 N–H and O–H groups in total. The average molecular weight is 154 g/mol. The Morgan fingerprint density at radius 3 is 2.55 bits per heavy atom. The van der Waals surface area contributed by atoms with Gasteiger partial charge >= 0.3 is 0 Å². The normalized spacial score (nSPS) is 16.9. The first-order valence-electron chi connectivity index (χ1n) is 4.42. The Morgan fingerprint density at radius 2 is 2.00 bits per heavy atom. The van der Waals surface area contributed by atoms with Crippen LogP contribution in [0, 0.1) is 0 Å². The lowest BCUT2D eigenvalue weighted by molar-refractivity contribution is 0.134. The quantitative estimate of drug-likeness (QED) is 0.684. The van der Waals surface area contributed by atoms with E-state index in [1.54, 1.807) is 30.3 Å². The van der Waals surface area contributed by atoms with Crippen molar-refractivity contribution in [2.24, 2.45) is 0 Å². The van der Waals surface area contributed by atoms with Crippen LogP contribution in [0.25, 0.3) is 0 Å². The second-order valence-electron chi connectivity index (χ2n) is 2.18. The first kappa shape index (κ1) is 5.75. The maximum Gasteiger partial charge on any atom is 0.0811 e. The Kier molecular flexibility index (Phi) is 2.15. The van der Waals surface area contributed by atoms with E-state index in [4.69, 9.17) is 7.85 Å². The van der Waals surface area contributed by atoms with Gasteiger partial charge in [0.1, 0.15) is 0 Å². The van der Waals surface area contributed by atoms with Crippen LogP contribution in [0.1, 0.15) is 20.8 Å². The minimum absolute atomic E-state index is 0.474. The molecule has 11 heavy (non-hydrogen) atoms. The Bertz CT molecular complexity index is 262. The summed E-state index contributed by atoms with van der Waals surface area (Å²) in [6, 6.07) is 8.46. The minimum atomic E-state index is -1.98. The predicted octanol–water partition coefficient (Wildman–Crippen LogP) is 1.10. The van der Waals surface area contributed by atoms with Gasteiger partial charge < -0.3 is 10.2 Å². The zero-order chi connectivity index (χ0) is 9.90. The highest BCUT2D eigenvalue weighted by atomic mass is 16.3. The second kappa shape index (κ2) is 4.11. The second-order valence-corrected chi connectivity index (χ2v) is 2.18. The van der Waals surface area contributed by atoms with Gasteiger partial charge in [-0.15, -0.1) is 0 Å². The number of hydrogen-bond donors (Lipinski definition) is 2. The third-order valence-electron chi connectivity index (χ3n) is 1.40. The maximum atomic E-state index is 9.51. The largest absolute Gasteiger partial charge is 0.396 e. The van der Waals surface area contributed by atoms with Crippen LogP contribution in [0.5, 0.6) is 0 Å². The van der Waals surface area contributed by atoms with Crippen molar-refractivity contribution >= 4 is 0 Å². The van der Waals surface area contributed by atoms with Crippen LogP contribution in [-0.2, 0) is 0 Å². The standard InChI is InChI=1S/C9H12O2/c10-7-6-9(11)8-4-2-1-3-5-8/h1-5,9-11H,6-7H2/i6D2. The molecule has 0 heterocycles. The van der Waals surface area contributed by atoms with Crippen LogP contribution in [0.3, 0.4) is 0 Å². The molecule has 1 rings (SSSR count). The zero-order valence-electron chi connectivity index (χ0n) is 8.07. The van der Waals surface area contributed by atoms with E-state index in [9.17, 15) is 5.11 Å². The highest BCUT2D eigenvalue weighted by molar-refractivity contribution is 5.16. The zero-order valence-corrected chi connectivity index (χ0v) is 6.07. The van der Waals surface area contributed by atoms with Crippen LogP contribution in [0.2, 0.25) is 0 Å². The molecule has 2 nitrogen and oxygen atoms in total. The lowest BCUT2D eigenvalue weighted by Crippen LogP contribution is -1.99. The average Bonchev–Trinajstić information content (AvgIpc) is 2.18. The van der Waals surface area contributed by atoms with E-state index in [2.05, 4.69) is 0 Å². The fourth-order valence-electron chi connectivity index (χ4n) is 0.840. The fraction of sp³-hybridized carbons (Fsp3) is 0.333. The van der Waals surface area contributed by atoms with Gasteiger partial charge in [0.2, 0.25) is 0 Å². The molecule has 0 spiro atoms. The summed E-state index contributed by atoms with van der Waals surface area (Å²) in [4.78, 5) is 0. The first-order valence-corrected chi connectivity index (χ1v) is 3.42. The Morgan fingerprint density at radius 1 is 1.36 bits per heavy atom. The number of benzene rings is 1. The Hall–Kier alpha value is -0.860. The maximum absolute atomic E-state index is 9.51.